The molecule has 2 atom stereocenters. The molecular formula is C8H15O5P. The maximum absolute atomic E-state index is 11.2. The van der Waals surface area contributed by atoms with E-state index in [1.165, 1.54) is 13.8 Å². The smallest absolute Gasteiger partial charge is 0.303 e. The number of hydrogen-bond donors (Lipinski definition) is 0. The van der Waals surface area contributed by atoms with Crippen molar-refractivity contribution in [3.63, 3.8) is 0 Å². The molecule has 0 amide bonds. The van der Waals surface area contributed by atoms with E-state index in [1.807, 2.05) is 0 Å². The number of carbonyl (C=O) groups excluding carboxylic acids is 2. The second-order valence-electron chi connectivity index (χ2n) is 2.72. The van der Waals surface area contributed by atoms with E-state index in [2.05, 4.69) is 4.74 Å². The minimum absolute atomic E-state index is 0.0343. The Morgan fingerprint density at radius 2 is 1.93 bits per heavy atom. The third-order valence-electron chi connectivity index (χ3n) is 1.42. The molecule has 0 saturated heterocycles. The summed E-state index contributed by atoms with van der Waals surface area (Å²) in [6.07, 6.45) is -0.974. The zero-order valence-electron chi connectivity index (χ0n) is 8.53. The van der Waals surface area contributed by atoms with Crippen LogP contribution in [0.4, 0.5) is 0 Å². The summed E-state index contributed by atoms with van der Waals surface area (Å²) in [5.41, 5.74) is 0. The van der Waals surface area contributed by atoms with Crippen molar-refractivity contribution in [3.8, 4) is 0 Å². The zero-order valence-corrected chi connectivity index (χ0v) is 9.53. The van der Waals surface area contributed by atoms with Gasteiger partial charge in [-0.2, -0.15) is 0 Å². The molecule has 0 aliphatic carbocycles. The average molecular weight is 222 g/mol. The fourth-order valence-electron chi connectivity index (χ4n) is 0.840. The van der Waals surface area contributed by atoms with Crippen molar-refractivity contribution in [2.24, 2.45) is 0 Å². The van der Waals surface area contributed by atoms with E-state index < -0.39 is 20.1 Å². The average Bonchev–Trinajstić information content (AvgIpc) is 2.02. The first kappa shape index (κ1) is 13.3. The summed E-state index contributed by atoms with van der Waals surface area (Å²) in [5.74, 6) is -0.880. The number of hydrogen-bond acceptors (Lipinski definition) is 5. The van der Waals surface area contributed by atoms with Crippen molar-refractivity contribution in [2.45, 2.75) is 26.9 Å². The Bertz CT molecular complexity index is 238. The van der Waals surface area contributed by atoms with Crippen LogP contribution in [0, 0.1) is 0 Å². The molecule has 6 heteroatoms. The van der Waals surface area contributed by atoms with E-state index in [9.17, 15) is 14.2 Å². The van der Waals surface area contributed by atoms with E-state index in [0.717, 1.165) is 0 Å². The Hall–Kier alpha value is -0.670. The Morgan fingerprint density at radius 3 is 2.29 bits per heavy atom. The molecule has 2 unspecified atom stereocenters. The van der Waals surface area contributed by atoms with Crippen molar-refractivity contribution in [2.75, 3.05) is 12.8 Å². The largest absolute Gasteiger partial charge is 0.454 e. The van der Waals surface area contributed by atoms with Gasteiger partial charge in [-0.25, -0.2) is 0 Å². The third kappa shape index (κ3) is 5.89. The van der Waals surface area contributed by atoms with Gasteiger partial charge in [-0.3, -0.25) is 14.2 Å². The number of rotatable bonds is 6. The summed E-state index contributed by atoms with van der Waals surface area (Å²) in [4.78, 5) is 21.6. The molecule has 0 N–H and O–H groups in total. The molecule has 0 aromatic heterocycles. The minimum atomic E-state index is -2.28. The van der Waals surface area contributed by atoms with E-state index in [0.29, 0.717) is 6.61 Å². The highest BCUT2D eigenvalue weighted by molar-refractivity contribution is 7.39. The first-order valence-electron chi connectivity index (χ1n) is 4.30. The number of ketones is 1. The Balaban J connectivity index is 4.16. The lowest BCUT2D eigenvalue weighted by Crippen LogP contribution is -2.26. The topological polar surface area (TPSA) is 69.7 Å². The predicted octanol–water partition coefficient (Wildman–Crippen LogP) is 1.02. The van der Waals surface area contributed by atoms with Crippen LogP contribution in [-0.2, 0) is 23.4 Å². The molecular weight excluding hydrogens is 207 g/mol. The van der Waals surface area contributed by atoms with Gasteiger partial charge in [-0.15, -0.1) is 0 Å². The van der Waals surface area contributed by atoms with Gasteiger partial charge in [0.15, 0.2) is 19.9 Å². The van der Waals surface area contributed by atoms with Crippen molar-refractivity contribution >= 4 is 19.8 Å². The zero-order chi connectivity index (χ0) is 11.1. The summed E-state index contributed by atoms with van der Waals surface area (Å²) < 4.78 is 20.7. The SMILES string of the molecule is CCO[PH](=O)CC(OC(C)=O)C(C)=O. The fraction of sp³-hybridized carbons (Fsp3) is 0.750. The molecule has 0 heterocycles. The molecule has 0 aromatic rings. The molecule has 0 aromatic carbocycles. The van der Waals surface area contributed by atoms with E-state index in [4.69, 9.17) is 4.52 Å². The first-order chi connectivity index (χ1) is 6.47. The molecule has 0 bridgehead atoms. The van der Waals surface area contributed by atoms with Gasteiger partial charge < -0.3 is 9.26 Å². The molecule has 0 spiro atoms. The Morgan fingerprint density at radius 1 is 1.36 bits per heavy atom. The van der Waals surface area contributed by atoms with Gasteiger partial charge in [0.05, 0.1) is 12.8 Å². The van der Waals surface area contributed by atoms with E-state index in [-0.39, 0.29) is 11.9 Å². The molecule has 82 valence electrons. The molecule has 0 aliphatic heterocycles. The predicted molar refractivity (Wildman–Crippen MR) is 51.7 cm³/mol. The lowest BCUT2D eigenvalue weighted by atomic mass is 10.3. The Kier molecular flexibility index (Phi) is 6.41. The van der Waals surface area contributed by atoms with Crippen molar-refractivity contribution in [3.05, 3.63) is 0 Å². The highest BCUT2D eigenvalue weighted by atomic mass is 31.1. The highest BCUT2D eigenvalue weighted by Crippen LogP contribution is 2.24. The lowest BCUT2D eigenvalue weighted by molar-refractivity contribution is -0.151. The van der Waals surface area contributed by atoms with Crippen LogP contribution in [-0.4, -0.2) is 30.6 Å². The first-order valence-corrected chi connectivity index (χ1v) is 5.83. The maximum atomic E-state index is 11.2. The molecule has 0 aliphatic rings. The molecule has 14 heavy (non-hydrogen) atoms. The normalized spacial score (nSPS) is 14.5. The molecule has 5 nitrogen and oxygen atoms in total. The van der Waals surface area contributed by atoms with Gasteiger partial charge in [0.2, 0.25) is 0 Å². The summed E-state index contributed by atoms with van der Waals surface area (Å²) >= 11 is 0. The summed E-state index contributed by atoms with van der Waals surface area (Å²) in [6.45, 7) is 4.52. The van der Waals surface area contributed by atoms with Crippen LogP contribution in [0.3, 0.4) is 0 Å². The minimum Gasteiger partial charge on any atom is -0.454 e. The molecule has 0 fully saturated rings. The standard InChI is InChI=1S/C8H15O5P/c1-4-12-14(11)5-8(6(2)9)13-7(3)10/h8,14H,4-5H2,1-3H3. The van der Waals surface area contributed by atoms with Gasteiger partial charge in [0.25, 0.3) is 0 Å². The quantitative estimate of drug-likeness (QED) is 0.495. The van der Waals surface area contributed by atoms with Crippen molar-refractivity contribution in [1.82, 2.24) is 0 Å². The molecule has 0 rings (SSSR count). The third-order valence-corrected chi connectivity index (χ3v) is 2.73. The van der Waals surface area contributed by atoms with Gasteiger partial charge in [0.1, 0.15) is 0 Å². The van der Waals surface area contributed by atoms with Crippen LogP contribution >= 0.6 is 8.03 Å². The summed E-state index contributed by atoms with van der Waals surface area (Å²) in [5, 5.41) is 0. The highest BCUT2D eigenvalue weighted by Gasteiger charge is 2.20. The second kappa shape index (κ2) is 6.74. The van der Waals surface area contributed by atoms with Gasteiger partial charge in [-0.1, -0.05) is 0 Å². The number of ether oxygens (including phenoxy) is 1. The van der Waals surface area contributed by atoms with Crippen LogP contribution in [0.5, 0.6) is 0 Å². The van der Waals surface area contributed by atoms with Gasteiger partial charge in [0, 0.05) is 6.92 Å². The fourth-order valence-corrected chi connectivity index (χ4v) is 1.95. The second-order valence-corrected chi connectivity index (χ2v) is 4.16. The van der Waals surface area contributed by atoms with E-state index in [1.54, 1.807) is 6.92 Å². The number of esters is 1. The monoisotopic (exact) mass is 222 g/mol. The van der Waals surface area contributed by atoms with Crippen LogP contribution in [0.25, 0.3) is 0 Å². The van der Waals surface area contributed by atoms with Crippen LogP contribution in [0.1, 0.15) is 20.8 Å². The number of Topliss-reactive ketones (excluding diaryl/α,β-unsaturated/α-hetero) is 1. The van der Waals surface area contributed by atoms with Gasteiger partial charge in [-0.05, 0) is 13.8 Å². The van der Waals surface area contributed by atoms with Crippen LogP contribution in [0.15, 0.2) is 0 Å². The summed E-state index contributed by atoms with van der Waals surface area (Å²) in [6, 6.07) is 0. The maximum Gasteiger partial charge on any atom is 0.303 e. The lowest BCUT2D eigenvalue weighted by Gasteiger charge is -2.13. The Labute approximate surface area is 83.6 Å². The molecule has 0 radical (unpaired) electrons. The molecule has 0 saturated carbocycles. The van der Waals surface area contributed by atoms with Crippen molar-refractivity contribution in [1.29, 1.82) is 0 Å². The van der Waals surface area contributed by atoms with Crippen LogP contribution < -0.4 is 0 Å². The number of carbonyl (C=O) groups is 2. The van der Waals surface area contributed by atoms with Crippen LogP contribution in [0.2, 0.25) is 0 Å². The summed E-state index contributed by atoms with van der Waals surface area (Å²) in [7, 11) is -2.28. The van der Waals surface area contributed by atoms with Crippen molar-refractivity contribution < 1.29 is 23.4 Å². The van der Waals surface area contributed by atoms with Gasteiger partial charge >= 0.3 is 5.97 Å². The van der Waals surface area contributed by atoms with E-state index >= 15 is 0 Å².